The van der Waals surface area contributed by atoms with Gasteiger partial charge in [-0.15, -0.1) is 11.3 Å². The quantitative estimate of drug-likeness (QED) is 0.494. The molecule has 92 valence electrons. The molecule has 0 fully saturated rings. The van der Waals surface area contributed by atoms with Crippen molar-refractivity contribution in [1.29, 1.82) is 0 Å². The van der Waals surface area contributed by atoms with Crippen molar-refractivity contribution in [2.75, 3.05) is 12.4 Å². The second-order valence-electron chi connectivity index (χ2n) is 3.46. The number of nitrogens with one attached hydrogen (secondary N) is 1. The highest BCUT2D eigenvalue weighted by Gasteiger charge is 2.15. The molecule has 0 bridgehead atoms. The molecule has 0 amide bonds. The van der Waals surface area contributed by atoms with Crippen LogP contribution in [0.4, 0.5) is 5.00 Å². The summed E-state index contributed by atoms with van der Waals surface area (Å²) in [6.45, 7) is 0. The average Bonchev–Trinajstić information content (AvgIpc) is 2.72. The summed E-state index contributed by atoms with van der Waals surface area (Å²) in [5.74, 6) is -1.35. The summed E-state index contributed by atoms with van der Waals surface area (Å²) in [5.41, 5.74) is 0.456. The molecule has 0 aliphatic rings. The number of fused-ring (bicyclic) bond motifs is 1. The van der Waals surface area contributed by atoms with Crippen molar-refractivity contribution in [2.24, 2.45) is 4.99 Å². The number of aliphatic carboxylic acids is 1. The van der Waals surface area contributed by atoms with Crippen molar-refractivity contribution in [3.05, 3.63) is 29.8 Å². The maximum absolute atomic E-state index is 11.1. The standard InChI is InChI=1S/C12H10N2O3S/c1-13-10(12(16)17)14-11-8(6-15)7-4-2-3-5-9(7)18-11/h2-6H,1H3,(H,13,14)(H,16,17). The Balaban J connectivity index is 2.51. The van der Waals surface area contributed by atoms with Crippen molar-refractivity contribution in [3.8, 4) is 0 Å². The largest absolute Gasteiger partial charge is 0.475 e. The number of carbonyl (C=O) groups is 2. The lowest BCUT2D eigenvalue weighted by Crippen LogP contribution is -2.22. The van der Waals surface area contributed by atoms with Gasteiger partial charge in [0.1, 0.15) is 5.00 Å². The molecule has 1 aromatic heterocycles. The second-order valence-corrected chi connectivity index (χ2v) is 4.51. The van der Waals surface area contributed by atoms with E-state index in [4.69, 9.17) is 5.11 Å². The number of rotatable bonds is 2. The molecule has 1 heterocycles. The molecule has 5 nitrogen and oxygen atoms in total. The first-order valence-electron chi connectivity index (χ1n) is 5.11. The Hall–Kier alpha value is -2.21. The number of anilines is 1. The van der Waals surface area contributed by atoms with Gasteiger partial charge in [0.2, 0.25) is 5.84 Å². The molecule has 1 aromatic carbocycles. The molecule has 0 saturated carbocycles. The normalized spacial score (nSPS) is 11.5. The smallest absolute Gasteiger partial charge is 0.371 e. The van der Waals surface area contributed by atoms with Gasteiger partial charge in [0.25, 0.3) is 0 Å². The molecule has 0 unspecified atom stereocenters. The number of benzene rings is 1. The minimum atomic E-state index is -1.16. The highest BCUT2D eigenvalue weighted by Crippen LogP contribution is 2.34. The van der Waals surface area contributed by atoms with E-state index in [-0.39, 0.29) is 5.84 Å². The highest BCUT2D eigenvalue weighted by atomic mass is 32.1. The van der Waals surface area contributed by atoms with Crippen LogP contribution < -0.4 is 5.32 Å². The van der Waals surface area contributed by atoms with Crippen molar-refractivity contribution in [1.82, 2.24) is 0 Å². The van der Waals surface area contributed by atoms with Crippen molar-refractivity contribution >= 4 is 44.5 Å². The fourth-order valence-corrected chi connectivity index (χ4v) is 2.66. The molecule has 6 heteroatoms. The molecule has 0 atom stereocenters. The number of carbonyl (C=O) groups excluding carboxylic acids is 1. The van der Waals surface area contributed by atoms with E-state index in [1.54, 1.807) is 0 Å². The third kappa shape index (κ3) is 2.10. The number of hydrogen-bond acceptors (Lipinski definition) is 4. The summed E-state index contributed by atoms with van der Waals surface area (Å²) in [6.07, 6.45) is 0.719. The van der Waals surface area contributed by atoms with Crippen LogP contribution in [0, 0.1) is 0 Å². The predicted octanol–water partition coefficient (Wildman–Crippen LogP) is 2.24. The Morgan fingerprint density at radius 1 is 1.44 bits per heavy atom. The third-order valence-electron chi connectivity index (χ3n) is 2.41. The first kappa shape index (κ1) is 12.3. The van der Waals surface area contributed by atoms with Crippen LogP contribution in [0.3, 0.4) is 0 Å². The van der Waals surface area contributed by atoms with Gasteiger partial charge in [0, 0.05) is 17.1 Å². The van der Waals surface area contributed by atoms with Crippen molar-refractivity contribution in [2.45, 2.75) is 0 Å². The van der Waals surface area contributed by atoms with E-state index >= 15 is 0 Å². The molecular formula is C12H10N2O3S. The van der Waals surface area contributed by atoms with Crippen LogP contribution in [-0.4, -0.2) is 30.2 Å². The molecule has 0 aliphatic carbocycles. The molecule has 0 saturated heterocycles. The Kier molecular flexibility index (Phi) is 3.38. The summed E-state index contributed by atoms with van der Waals surface area (Å²) >= 11 is 1.32. The van der Waals surface area contributed by atoms with Gasteiger partial charge in [0.05, 0.1) is 5.56 Å². The summed E-state index contributed by atoms with van der Waals surface area (Å²) in [6, 6.07) is 7.40. The monoisotopic (exact) mass is 262 g/mol. The van der Waals surface area contributed by atoms with Gasteiger partial charge >= 0.3 is 5.97 Å². The summed E-state index contributed by atoms with van der Waals surface area (Å²) in [7, 11) is 1.38. The number of aliphatic imine (C=N–C) groups is 1. The van der Waals surface area contributed by atoms with E-state index in [9.17, 15) is 9.59 Å². The first-order valence-corrected chi connectivity index (χ1v) is 5.93. The van der Waals surface area contributed by atoms with Crippen LogP contribution in [0.2, 0.25) is 0 Å². The summed E-state index contributed by atoms with van der Waals surface area (Å²) in [5, 5.41) is 12.9. The number of carboxylic acids is 1. The number of thiophene rings is 1. The lowest BCUT2D eigenvalue weighted by Gasteiger charge is -2.02. The van der Waals surface area contributed by atoms with Gasteiger partial charge in [-0.25, -0.2) is 4.79 Å². The number of carboxylic acid groups (broad SMARTS) is 1. The molecule has 0 spiro atoms. The fraction of sp³-hybridized carbons (Fsp3) is 0.0833. The van der Waals surface area contributed by atoms with Crippen LogP contribution in [0.25, 0.3) is 10.1 Å². The van der Waals surface area contributed by atoms with E-state index in [0.29, 0.717) is 10.6 Å². The zero-order valence-corrected chi connectivity index (χ0v) is 10.3. The maximum atomic E-state index is 11.1. The zero-order valence-electron chi connectivity index (χ0n) is 9.51. The molecule has 18 heavy (non-hydrogen) atoms. The van der Waals surface area contributed by atoms with Gasteiger partial charge in [-0.05, 0) is 6.07 Å². The number of nitrogens with zero attached hydrogens (tertiary/aromatic N) is 1. The van der Waals surface area contributed by atoms with E-state index in [1.807, 2.05) is 24.3 Å². The predicted molar refractivity (Wildman–Crippen MR) is 71.8 cm³/mol. The SMILES string of the molecule is CN=C(Nc1sc2ccccc2c1C=O)C(=O)O. The minimum absolute atomic E-state index is 0.190. The number of hydrogen-bond donors (Lipinski definition) is 2. The van der Waals surface area contributed by atoms with Crippen LogP contribution in [-0.2, 0) is 4.79 Å². The molecule has 0 aliphatic heterocycles. The van der Waals surface area contributed by atoms with Gasteiger partial charge in [-0.2, -0.15) is 0 Å². The highest BCUT2D eigenvalue weighted by molar-refractivity contribution is 7.23. The van der Waals surface area contributed by atoms with Gasteiger partial charge in [-0.1, -0.05) is 18.2 Å². The number of aldehydes is 1. The second kappa shape index (κ2) is 4.97. The lowest BCUT2D eigenvalue weighted by atomic mass is 10.2. The topological polar surface area (TPSA) is 78.8 Å². The van der Waals surface area contributed by atoms with Crippen LogP contribution in [0.5, 0.6) is 0 Å². The Bertz CT molecular complexity index is 646. The van der Waals surface area contributed by atoms with E-state index in [2.05, 4.69) is 10.3 Å². The first-order chi connectivity index (χ1) is 8.67. The van der Waals surface area contributed by atoms with Crippen LogP contribution >= 0.6 is 11.3 Å². The van der Waals surface area contributed by atoms with Crippen molar-refractivity contribution in [3.63, 3.8) is 0 Å². The maximum Gasteiger partial charge on any atom is 0.371 e. The van der Waals surface area contributed by atoms with Crippen molar-refractivity contribution < 1.29 is 14.7 Å². The molecular weight excluding hydrogens is 252 g/mol. The van der Waals surface area contributed by atoms with Gasteiger partial charge in [0.15, 0.2) is 6.29 Å². The van der Waals surface area contributed by atoms with Crippen LogP contribution in [0.1, 0.15) is 10.4 Å². The molecule has 2 aromatic rings. The van der Waals surface area contributed by atoms with E-state index in [1.165, 1.54) is 18.4 Å². The van der Waals surface area contributed by atoms with Gasteiger partial charge < -0.3 is 10.4 Å². The van der Waals surface area contributed by atoms with Gasteiger partial charge in [-0.3, -0.25) is 9.79 Å². The lowest BCUT2D eigenvalue weighted by molar-refractivity contribution is -0.129. The Morgan fingerprint density at radius 2 is 2.17 bits per heavy atom. The van der Waals surface area contributed by atoms with E-state index in [0.717, 1.165) is 16.4 Å². The molecule has 2 rings (SSSR count). The summed E-state index contributed by atoms with van der Waals surface area (Å²) < 4.78 is 0.919. The summed E-state index contributed by atoms with van der Waals surface area (Å²) in [4.78, 5) is 25.6. The number of amidine groups is 1. The Morgan fingerprint density at radius 3 is 2.78 bits per heavy atom. The third-order valence-corrected chi connectivity index (χ3v) is 3.51. The molecule has 0 radical (unpaired) electrons. The van der Waals surface area contributed by atoms with E-state index < -0.39 is 5.97 Å². The Labute approximate surface area is 107 Å². The minimum Gasteiger partial charge on any atom is -0.475 e. The average molecular weight is 262 g/mol. The molecule has 2 N–H and O–H groups in total. The van der Waals surface area contributed by atoms with Crippen LogP contribution in [0.15, 0.2) is 29.3 Å². The zero-order chi connectivity index (χ0) is 13.1. The fourth-order valence-electron chi connectivity index (χ4n) is 1.59.